The largest absolute Gasteiger partial charge is 0.386 e. The van der Waals surface area contributed by atoms with Gasteiger partial charge in [-0.1, -0.05) is 25.1 Å². The normalized spacial score (nSPS) is 14.4. The van der Waals surface area contributed by atoms with E-state index in [4.69, 9.17) is 23.0 Å². The number of nitrogens with zero attached hydrogens (tertiary/aromatic N) is 2. The zero-order valence-electron chi connectivity index (χ0n) is 21.8. The molecule has 1 N–H and O–H groups in total. The van der Waals surface area contributed by atoms with Crippen LogP contribution >= 0.6 is 11.6 Å². The Kier molecular flexibility index (Phi) is 7.84. The number of halogens is 1. The van der Waals surface area contributed by atoms with Crippen molar-refractivity contribution in [1.29, 1.82) is 0 Å². The highest BCUT2D eigenvalue weighted by Gasteiger charge is 2.29. The summed E-state index contributed by atoms with van der Waals surface area (Å²) in [6.07, 6.45) is 13.9. The Morgan fingerprint density at radius 3 is 2.56 bits per heavy atom. The fraction of sp³-hybridized carbons (Fsp3) is 0.433. The van der Waals surface area contributed by atoms with E-state index in [1.165, 1.54) is 0 Å². The number of rotatable bonds is 8. The van der Waals surface area contributed by atoms with Gasteiger partial charge in [-0.05, 0) is 101 Å². The molecule has 2 heterocycles. The predicted molar refractivity (Wildman–Crippen MR) is 149 cm³/mol. The van der Waals surface area contributed by atoms with Crippen molar-refractivity contribution < 1.29 is 0 Å². The van der Waals surface area contributed by atoms with Crippen molar-refractivity contribution in [3.05, 3.63) is 64.1 Å². The average Bonchev–Trinajstić information content (AvgIpc) is 2.78. The minimum absolute atomic E-state index is 0.0506. The van der Waals surface area contributed by atoms with Crippen LogP contribution in [-0.2, 0) is 6.42 Å². The molecule has 34 heavy (non-hydrogen) atoms. The second kappa shape index (κ2) is 10.3. The summed E-state index contributed by atoms with van der Waals surface area (Å²) in [4.78, 5) is 7.13. The van der Waals surface area contributed by atoms with E-state index < -0.39 is 0 Å². The van der Waals surface area contributed by atoms with Crippen LogP contribution in [0.25, 0.3) is 5.57 Å². The fourth-order valence-electron chi connectivity index (χ4n) is 4.66. The first-order valence-corrected chi connectivity index (χ1v) is 12.5. The number of hydrogen-bond donors (Lipinski definition) is 1. The molecular formula is C30H38ClN3. The molecule has 0 aliphatic carbocycles. The molecule has 1 aliphatic rings. The summed E-state index contributed by atoms with van der Waals surface area (Å²) in [6, 6.07) is 4.15. The molecule has 0 bridgehead atoms. The van der Waals surface area contributed by atoms with Gasteiger partial charge in [0, 0.05) is 29.9 Å². The highest BCUT2D eigenvalue weighted by Crippen LogP contribution is 2.48. The van der Waals surface area contributed by atoms with Crippen LogP contribution in [0.3, 0.4) is 0 Å². The van der Waals surface area contributed by atoms with Gasteiger partial charge in [0.15, 0.2) is 0 Å². The molecular weight excluding hydrogens is 438 g/mol. The number of pyridine rings is 1. The van der Waals surface area contributed by atoms with E-state index >= 15 is 0 Å². The molecule has 0 fully saturated rings. The minimum atomic E-state index is -0.0506. The van der Waals surface area contributed by atoms with Crippen molar-refractivity contribution in [2.24, 2.45) is 11.3 Å². The highest BCUT2D eigenvalue weighted by atomic mass is 35.5. The number of aryl methyl sites for hydroxylation is 3. The molecule has 0 amide bonds. The molecule has 3 nitrogen and oxygen atoms in total. The van der Waals surface area contributed by atoms with Gasteiger partial charge in [-0.25, -0.2) is 0 Å². The van der Waals surface area contributed by atoms with Crippen LogP contribution in [0, 0.1) is 37.5 Å². The van der Waals surface area contributed by atoms with Crippen molar-refractivity contribution >= 4 is 34.2 Å². The van der Waals surface area contributed by atoms with Crippen LogP contribution in [0.15, 0.2) is 36.7 Å². The molecule has 1 aromatic heterocycles. The first kappa shape index (κ1) is 25.9. The molecule has 1 aromatic carbocycles. The first-order valence-electron chi connectivity index (χ1n) is 12.1. The molecule has 0 radical (unpaired) electrons. The van der Waals surface area contributed by atoms with Crippen LogP contribution in [0.2, 0.25) is 5.02 Å². The molecule has 0 spiro atoms. The molecule has 1 unspecified atom stereocenters. The van der Waals surface area contributed by atoms with E-state index in [9.17, 15) is 0 Å². The van der Waals surface area contributed by atoms with Gasteiger partial charge in [0.1, 0.15) is 0 Å². The van der Waals surface area contributed by atoms with Gasteiger partial charge < -0.3 is 10.2 Å². The second-order valence-electron chi connectivity index (χ2n) is 10.4. The van der Waals surface area contributed by atoms with E-state index in [2.05, 4.69) is 76.4 Å². The van der Waals surface area contributed by atoms with Gasteiger partial charge in [0.2, 0.25) is 0 Å². The van der Waals surface area contributed by atoms with Gasteiger partial charge in [0.25, 0.3) is 0 Å². The Balaban J connectivity index is 2.00. The zero-order chi connectivity index (χ0) is 25.2. The summed E-state index contributed by atoms with van der Waals surface area (Å²) in [5, 5.41) is 4.06. The van der Waals surface area contributed by atoms with E-state index in [1.807, 2.05) is 19.3 Å². The maximum absolute atomic E-state index is 6.83. The Labute approximate surface area is 211 Å². The van der Waals surface area contributed by atoms with E-state index in [0.29, 0.717) is 5.92 Å². The number of fused-ring (bicyclic) bond motifs is 1. The summed E-state index contributed by atoms with van der Waals surface area (Å²) in [7, 11) is 1.94. The summed E-state index contributed by atoms with van der Waals surface area (Å²) in [5.74, 6) is 3.48. The summed E-state index contributed by atoms with van der Waals surface area (Å²) >= 11 is 6.83. The number of allylic oxidation sites excluding steroid dienone is 3. The molecule has 0 saturated heterocycles. The van der Waals surface area contributed by atoms with Crippen molar-refractivity contribution in [2.75, 3.05) is 17.3 Å². The van der Waals surface area contributed by atoms with Crippen LogP contribution in [-0.4, -0.2) is 12.0 Å². The lowest BCUT2D eigenvalue weighted by molar-refractivity contribution is 0.372. The molecule has 2 aromatic rings. The number of benzene rings is 1. The standard InChI is InChI=1S/C30H38ClN3/c1-10-30(7,8)14-13-19(2)11-12-25-27-21(4)17-23(6)34(28(27)22(5)18-33-25)29-24(31)15-20(3)16-26(29)32-9/h1,15-19,32H,4,11-14H2,2-3,5-9H3. The van der Waals surface area contributed by atoms with Gasteiger partial charge in [-0.3, -0.25) is 4.98 Å². The predicted octanol–water partition coefficient (Wildman–Crippen LogP) is 8.47. The third-order valence-electron chi connectivity index (χ3n) is 6.82. The zero-order valence-corrected chi connectivity index (χ0v) is 22.5. The highest BCUT2D eigenvalue weighted by molar-refractivity contribution is 6.34. The number of anilines is 3. The van der Waals surface area contributed by atoms with E-state index in [0.717, 1.165) is 81.4 Å². The molecule has 1 aliphatic heterocycles. The molecule has 180 valence electrons. The number of hydrogen-bond acceptors (Lipinski definition) is 3. The Hall–Kier alpha value is -2.70. The van der Waals surface area contributed by atoms with Crippen molar-refractivity contribution in [2.45, 2.75) is 67.2 Å². The first-order chi connectivity index (χ1) is 16.0. The Bertz CT molecular complexity index is 1170. The lowest BCUT2D eigenvalue weighted by Gasteiger charge is -2.36. The lowest BCUT2D eigenvalue weighted by Crippen LogP contribution is -2.23. The average molecular weight is 476 g/mol. The maximum atomic E-state index is 6.83. The number of terminal acetylenes is 1. The number of nitrogens with one attached hydrogen (secondary N) is 1. The van der Waals surface area contributed by atoms with Crippen LogP contribution in [0.4, 0.5) is 17.1 Å². The monoisotopic (exact) mass is 475 g/mol. The van der Waals surface area contributed by atoms with E-state index in [-0.39, 0.29) is 5.41 Å². The van der Waals surface area contributed by atoms with Gasteiger partial charge in [0.05, 0.1) is 27.8 Å². The smallest absolute Gasteiger partial charge is 0.0879 e. The quantitative estimate of drug-likeness (QED) is 0.388. The maximum Gasteiger partial charge on any atom is 0.0879 e. The Morgan fingerprint density at radius 1 is 1.21 bits per heavy atom. The SMILES string of the molecule is C#CC(C)(C)CCC(C)CCc1ncc(C)c2c1C(=C)C=C(C)N2c1c(Cl)cc(C)cc1NC. The summed E-state index contributed by atoms with van der Waals surface area (Å²) < 4.78 is 0. The molecule has 4 heteroatoms. The van der Waals surface area contributed by atoms with Crippen molar-refractivity contribution in [3.8, 4) is 12.3 Å². The van der Waals surface area contributed by atoms with Crippen molar-refractivity contribution in [1.82, 2.24) is 4.98 Å². The van der Waals surface area contributed by atoms with E-state index in [1.54, 1.807) is 0 Å². The third-order valence-corrected chi connectivity index (χ3v) is 7.11. The topological polar surface area (TPSA) is 28.2 Å². The third kappa shape index (κ3) is 5.34. The second-order valence-corrected chi connectivity index (χ2v) is 10.8. The molecule has 1 atom stereocenters. The molecule has 3 rings (SSSR count). The van der Waals surface area contributed by atoms with Crippen molar-refractivity contribution in [3.63, 3.8) is 0 Å². The summed E-state index contributed by atoms with van der Waals surface area (Å²) in [6.45, 7) is 17.3. The number of aromatic nitrogens is 1. The molecule has 0 saturated carbocycles. The van der Waals surface area contributed by atoms with Crippen LogP contribution in [0.1, 0.15) is 69.3 Å². The van der Waals surface area contributed by atoms with Gasteiger partial charge in [-0.15, -0.1) is 12.3 Å². The van der Waals surface area contributed by atoms with Crippen LogP contribution < -0.4 is 10.2 Å². The fourth-order valence-corrected chi connectivity index (χ4v) is 5.02. The Morgan fingerprint density at radius 2 is 1.91 bits per heavy atom. The van der Waals surface area contributed by atoms with Crippen LogP contribution in [0.5, 0.6) is 0 Å². The van der Waals surface area contributed by atoms with Gasteiger partial charge in [-0.2, -0.15) is 0 Å². The van der Waals surface area contributed by atoms with Gasteiger partial charge >= 0.3 is 0 Å². The minimum Gasteiger partial charge on any atom is -0.386 e. The summed E-state index contributed by atoms with van der Waals surface area (Å²) in [5.41, 5.74) is 9.57. The lowest BCUT2D eigenvalue weighted by atomic mass is 9.84.